The van der Waals surface area contributed by atoms with Crippen LogP contribution in [0.15, 0.2) is 17.2 Å². The van der Waals surface area contributed by atoms with Gasteiger partial charge in [-0.1, -0.05) is 0 Å². The summed E-state index contributed by atoms with van der Waals surface area (Å²) < 4.78 is 0. The van der Waals surface area contributed by atoms with E-state index in [1.54, 1.807) is 0 Å². The normalized spacial score (nSPS) is 19.4. The van der Waals surface area contributed by atoms with E-state index < -0.39 is 23.5 Å². The molecule has 0 bridgehead atoms. The van der Waals surface area contributed by atoms with Crippen molar-refractivity contribution in [3.05, 3.63) is 22.7 Å². The minimum absolute atomic E-state index is 0.0681. The van der Waals surface area contributed by atoms with Crippen molar-refractivity contribution in [2.24, 2.45) is 0 Å². The van der Waals surface area contributed by atoms with Gasteiger partial charge < -0.3 is 20.3 Å². The second-order valence-corrected chi connectivity index (χ2v) is 3.84. The summed E-state index contributed by atoms with van der Waals surface area (Å²) in [6, 6.07) is -0.910. The Morgan fingerprint density at radius 1 is 1.56 bits per heavy atom. The SMILES string of the molecule is O=C(O)CC1C(=O)NCCN1c1ncc[nH]c1=O. The number of nitrogens with one attached hydrogen (secondary N) is 2. The summed E-state index contributed by atoms with van der Waals surface area (Å²) in [6.07, 6.45) is 2.39. The summed E-state index contributed by atoms with van der Waals surface area (Å²) >= 11 is 0. The second kappa shape index (κ2) is 4.86. The van der Waals surface area contributed by atoms with Crippen LogP contribution >= 0.6 is 0 Å². The molecule has 8 nitrogen and oxygen atoms in total. The number of carbonyl (C=O) groups excluding carboxylic acids is 1. The first-order chi connectivity index (χ1) is 8.59. The highest BCUT2D eigenvalue weighted by Crippen LogP contribution is 2.14. The third kappa shape index (κ3) is 2.31. The Balaban J connectivity index is 2.34. The number of anilines is 1. The van der Waals surface area contributed by atoms with Crippen LogP contribution in [0, 0.1) is 0 Å². The van der Waals surface area contributed by atoms with E-state index >= 15 is 0 Å². The Labute approximate surface area is 102 Å². The molecule has 96 valence electrons. The van der Waals surface area contributed by atoms with E-state index in [2.05, 4.69) is 15.3 Å². The van der Waals surface area contributed by atoms with Gasteiger partial charge in [-0.15, -0.1) is 0 Å². The predicted molar refractivity (Wildman–Crippen MR) is 61.3 cm³/mol. The van der Waals surface area contributed by atoms with Crippen LogP contribution in [0.25, 0.3) is 0 Å². The molecule has 1 aromatic rings. The summed E-state index contributed by atoms with van der Waals surface area (Å²) in [6.45, 7) is 0.703. The van der Waals surface area contributed by atoms with E-state index in [0.717, 1.165) is 0 Å². The van der Waals surface area contributed by atoms with Crippen molar-refractivity contribution in [1.29, 1.82) is 0 Å². The molecular weight excluding hydrogens is 240 g/mol. The zero-order valence-electron chi connectivity index (χ0n) is 9.42. The fourth-order valence-electron chi connectivity index (χ4n) is 1.89. The van der Waals surface area contributed by atoms with Crippen molar-refractivity contribution >= 4 is 17.7 Å². The van der Waals surface area contributed by atoms with Crippen LogP contribution in [0.3, 0.4) is 0 Å². The molecule has 0 aromatic carbocycles. The van der Waals surface area contributed by atoms with Crippen LogP contribution in [-0.2, 0) is 9.59 Å². The van der Waals surface area contributed by atoms with E-state index in [9.17, 15) is 14.4 Å². The van der Waals surface area contributed by atoms with Crippen molar-refractivity contribution in [2.75, 3.05) is 18.0 Å². The molecule has 1 unspecified atom stereocenters. The lowest BCUT2D eigenvalue weighted by molar-refractivity contribution is -0.139. The fraction of sp³-hybridized carbons (Fsp3) is 0.400. The first-order valence-corrected chi connectivity index (χ1v) is 5.39. The zero-order valence-corrected chi connectivity index (χ0v) is 9.42. The Hall–Kier alpha value is -2.38. The molecule has 1 saturated heterocycles. The summed E-state index contributed by atoms with van der Waals surface area (Å²) in [7, 11) is 0. The van der Waals surface area contributed by atoms with Crippen molar-refractivity contribution in [2.45, 2.75) is 12.5 Å². The lowest BCUT2D eigenvalue weighted by Crippen LogP contribution is -2.57. The molecule has 1 aliphatic rings. The Morgan fingerprint density at radius 3 is 3.00 bits per heavy atom. The molecule has 0 radical (unpaired) electrons. The van der Waals surface area contributed by atoms with Crippen molar-refractivity contribution in [3.8, 4) is 0 Å². The van der Waals surface area contributed by atoms with Crippen LogP contribution in [0.4, 0.5) is 5.82 Å². The Kier molecular flexibility index (Phi) is 3.26. The first kappa shape index (κ1) is 12.1. The summed E-state index contributed by atoms with van der Waals surface area (Å²) in [5.74, 6) is -1.44. The number of nitrogens with zero attached hydrogens (tertiary/aromatic N) is 2. The van der Waals surface area contributed by atoms with Gasteiger partial charge in [-0.05, 0) is 0 Å². The van der Waals surface area contributed by atoms with Crippen LogP contribution < -0.4 is 15.8 Å². The zero-order chi connectivity index (χ0) is 13.1. The monoisotopic (exact) mass is 252 g/mol. The maximum atomic E-state index is 11.7. The van der Waals surface area contributed by atoms with Crippen LogP contribution in [0.1, 0.15) is 6.42 Å². The smallest absolute Gasteiger partial charge is 0.305 e. The van der Waals surface area contributed by atoms with Crippen molar-refractivity contribution < 1.29 is 14.7 Å². The van der Waals surface area contributed by atoms with Gasteiger partial charge >= 0.3 is 5.97 Å². The quantitative estimate of drug-likeness (QED) is 0.606. The molecule has 0 spiro atoms. The summed E-state index contributed by atoms with van der Waals surface area (Å²) in [4.78, 5) is 41.8. The van der Waals surface area contributed by atoms with Crippen molar-refractivity contribution in [3.63, 3.8) is 0 Å². The van der Waals surface area contributed by atoms with Gasteiger partial charge in [-0.2, -0.15) is 0 Å². The second-order valence-electron chi connectivity index (χ2n) is 3.84. The first-order valence-electron chi connectivity index (χ1n) is 5.39. The molecule has 1 amide bonds. The number of piperazine rings is 1. The maximum Gasteiger partial charge on any atom is 0.305 e. The lowest BCUT2D eigenvalue weighted by atomic mass is 10.1. The standard InChI is InChI=1S/C10H12N4O4/c15-7(16)5-6-9(17)13-3-4-14(6)8-10(18)12-2-1-11-8/h1-2,6H,3-5H2,(H,12,18)(H,13,17)(H,15,16). The topological polar surface area (TPSA) is 115 Å². The minimum Gasteiger partial charge on any atom is -0.481 e. The minimum atomic E-state index is -1.10. The number of aromatic amines is 1. The molecule has 2 heterocycles. The number of carboxylic acid groups (broad SMARTS) is 1. The molecule has 3 N–H and O–H groups in total. The fourth-order valence-corrected chi connectivity index (χ4v) is 1.89. The van der Waals surface area contributed by atoms with Gasteiger partial charge in [0.15, 0.2) is 5.82 Å². The number of rotatable bonds is 3. The highest BCUT2D eigenvalue weighted by molar-refractivity contribution is 5.89. The Bertz CT molecular complexity index is 527. The van der Waals surface area contributed by atoms with Crippen molar-refractivity contribution in [1.82, 2.24) is 15.3 Å². The molecule has 2 rings (SSSR count). The van der Waals surface area contributed by atoms with Gasteiger partial charge in [0, 0.05) is 25.5 Å². The molecule has 0 aliphatic carbocycles. The highest BCUT2D eigenvalue weighted by atomic mass is 16.4. The molecule has 1 aliphatic heterocycles. The summed E-state index contributed by atoms with van der Waals surface area (Å²) in [5, 5.41) is 11.4. The Morgan fingerprint density at radius 2 is 2.33 bits per heavy atom. The van der Waals surface area contributed by atoms with E-state index in [1.165, 1.54) is 17.3 Å². The number of hydrogen-bond donors (Lipinski definition) is 3. The molecule has 1 atom stereocenters. The average Bonchev–Trinajstić information content (AvgIpc) is 2.32. The van der Waals surface area contributed by atoms with Gasteiger partial charge in [-0.3, -0.25) is 14.4 Å². The van der Waals surface area contributed by atoms with Crippen LogP contribution in [-0.4, -0.2) is 46.1 Å². The highest BCUT2D eigenvalue weighted by Gasteiger charge is 2.33. The number of amides is 1. The molecule has 0 saturated carbocycles. The number of H-pyrrole nitrogens is 1. The molecule has 1 fully saturated rings. The third-order valence-corrected chi connectivity index (χ3v) is 2.66. The lowest BCUT2D eigenvalue weighted by Gasteiger charge is -2.34. The molecule has 8 heteroatoms. The van der Waals surface area contributed by atoms with E-state index in [-0.39, 0.29) is 12.2 Å². The predicted octanol–water partition coefficient (Wildman–Crippen LogP) is -1.45. The third-order valence-electron chi connectivity index (χ3n) is 2.66. The van der Waals surface area contributed by atoms with Crippen LogP contribution in [0.2, 0.25) is 0 Å². The van der Waals surface area contributed by atoms with Gasteiger partial charge in [0.05, 0.1) is 6.42 Å². The number of carbonyl (C=O) groups is 2. The molecular formula is C10H12N4O4. The number of hydrogen-bond acceptors (Lipinski definition) is 5. The van der Waals surface area contributed by atoms with Gasteiger partial charge in [0.2, 0.25) is 5.91 Å². The van der Waals surface area contributed by atoms with Gasteiger partial charge in [0.1, 0.15) is 6.04 Å². The van der Waals surface area contributed by atoms with E-state index in [0.29, 0.717) is 13.1 Å². The average molecular weight is 252 g/mol. The molecule has 1 aromatic heterocycles. The number of aromatic nitrogens is 2. The van der Waals surface area contributed by atoms with Gasteiger partial charge in [-0.25, -0.2) is 4.98 Å². The molecule has 18 heavy (non-hydrogen) atoms. The maximum absolute atomic E-state index is 11.7. The largest absolute Gasteiger partial charge is 0.481 e. The van der Waals surface area contributed by atoms with Gasteiger partial charge in [0.25, 0.3) is 5.56 Å². The van der Waals surface area contributed by atoms with E-state index in [4.69, 9.17) is 5.11 Å². The summed E-state index contributed by atoms with van der Waals surface area (Å²) in [5.41, 5.74) is -0.442. The number of carboxylic acids is 1. The van der Waals surface area contributed by atoms with E-state index in [1.807, 2.05) is 0 Å². The number of aliphatic carboxylic acids is 1. The van der Waals surface area contributed by atoms with Crippen LogP contribution in [0.5, 0.6) is 0 Å².